The highest BCUT2D eigenvalue weighted by Gasteiger charge is 2.10. The second-order valence-corrected chi connectivity index (χ2v) is 12.3. The number of thiol groups is 1. The van der Waals surface area contributed by atoms with E-state index in [1.807, 2.05) is 31.2 Å². The molecule has 30 heavy (non-hydrogen) atoms. The SMILES string of the molecule is CCCCCCCC/C=C\CCCCCCCCOP(O)(O)=[SH]c1ccccc1C. The van der Waals surface area contributed by atoms with E-state index in [0.717, 1.165) is 23.3 Å². The highest BCUT2D eigenvalue weighted by Crippen LogP contribution is 2.41. The summed E-state index contributed by atoms with van der Waals surface area (Å²) in [5.74, 6) is 0. The lowest BCUT2D eigenvalue weighted by atomic mass is 10.1. The van der Waals surface area contributed by atoms with Crippen LogP contribution in [0.5, 0.6) is 0 Å². The molecule has 0 aliphatic carbocycles. The molecule has 174 valence electrons. The van der Waals surface area contributed by atoms with E-state index in [2.05, 4.69) is 19.1 Å². The lowest BCUT2D eigenvalue weighted by molar-refractivity contribution is 0.245. The summed E-state index contributed by atoms with van der Waals surface area (Å²) in [6.45, 7) is 1.36. The first-order valence-electron chi connectivity index (χ1n) is 12.0. The number of unbranched alkanes of at least 4 members (excludes halogenated alkanes) is 12. The molecule has 0 amide bonds. The Morgan fingerprint density at radius 2 is 1.33 bits per heavy atom. The van der Waals surface area contributed by atoms with Gasteiger partial charge in [0.2, 0.25) is 0 Å². The average Bonchev–Trinajstić information content (AvgIpc) is 2.72. The van der Waals surface area contributed by atoms with Crippen LogP contribution >= 0.6 is 6.72 Å². The number of benzene rings is 1. The van der Waals surface area contributed by atoms with Crippen molar-refractivity contribution in [3.63, 3.8) is 0 Å². The first kappa shape index (κ1) is 27.7. The van der Waals surface area contributed by atoms with Crippen molar-refractivity contribution in [3.05, 3.63) is 42.0 Å². The van der Waals surface area contributed by atoms with Crippen LogP contribution in [0.2, 0.25) is 0 Å². The lowest BCUT2D eigenvalue weighted by Gasteiger charge is -2.13. The van der Waals surface area contributed by atoms with Crippen molar-refractivity contribution in [1.82, 2.24) is 0 Å². The first-order chi connectivity index (χ1) is 14.5. The smallest absolute Gasteiger partial charge is 0.281 e. The fourth-order valence-electron chi connectivity index (χ4n) is 3.38. The van der Waals surface area contributed by atoms with Crippen molar-refractivity contribution in [2.24, 2.45) is 0 Å². The minimum Gasteiger partial charge on any atom is -0.328 e. The van der Waals surface area contributed by atoms with Crippen LogP contribution in [0.3, 0.4) is 0 Å². The summed E-state index contributed by atoms with van der Waals surface area (Å²) in [6.07, 6.45) is 22.4. The van der Waals surface area contributed by atoms with Gasteiger partial charge >= 0.3 is 0 Å². The minimum absolute atomic E-state index is 0.431. The van der Waals surface area contributed by atoms with E-state index in [1.54, 1.807) is 0 Å². The highest BCUT2D eigenvalue weighted by atomic mass is 32.5. The van der Waals surface area contributed by atoms with Gasteiger partial charge < -0.3 is 14.3 Å². The van der Waals surface area contributed by atoms with Crippen molar-refractivity contribution in [2.45, 2.75) is 109 Å². The maximum absolute atomic E-state index is 10.1. The summed E-state index contributed by atoms with van der Waals surface area (Å²) in [5, 5.41) is 0. The Hall–Kier alpha value is -0.380. The zero-order valence-corrected chi connectivity index (χ0v) is 21.1. The maximum Gasteiger partial charge on any atom is 0.281 e. The van der Waals surface area contributed by atoms with Crippen LogP contribution < -0.4 is 0 Å². The van der Waals surface area contributed by atoms with Gasteiger partial charge in [0.05, 0.1) is 6.61 Å². The van der Waals surface area contributed by atoms with E-state index in [4.69, 9.17) is 4.52 Å². The van der Waals surface area contributed by atoms with Gasteiger partial charge in [-0.3, -0.25) is 0 Å². The van der Waals surface area contributed by atoms with Crippen molar-refractivity contribution < 1.29 is 14.3 Å². The molecule has 0 saturated heterocycles. The summed E-state index contributed by atoms with van der Waals surface area (Å²) in [5.41, 5.74) is 1.06. The number of aryl methyl sites for hydroxylation is 1. The van der Waals surface area contributed by atoms with Crippen molar-refractivity contribution in [2.75, 3.05) is 6.61 Å². The van der Waals surface area contributed by atoms with Gasteiger partial charge in [-0.25, -0.2) is 0 Å². The molecule has 3 nitrogen and oxygen atoms in total. The van der Waals surface area contributed by atoms with Crippen molar-refractivity contribution >= 4 is 17.7 Å². The number of allylic oxidation sites excluding steroid dienone is 2. The van der Waals surface area contributed by atoms with Crippen molar-refractivity contribution in [1.29, 1.82) is 0 Å². The van der Waals surface area contributed by atoms with Gasteiger partial charge in [0.25, 0.3) is 6.72 Å². The van der Waals surface area contributed by atoms with Crippen LogP contribution in [-0.4, -0.2) is 16.4 Å². The molecule has 0 spiro atoms. The summed E-state index contributed by atoms with van der Waals surface area (Å²) in [6, 6.07) is 7.77. The van der Waals surface area contributed by atoms with Crippen LogP contribution in [-0.2, 0) is 15.5 Å². The quantitative estimate of drug-likeness (QED) is 0.0911. The molecule has 5 heteroatoms. The minimum atomic E-state index is -3.32. The molecule has 0 fully saturated rings. The van der Waals surface area contributed by atoms with Crippen LogP contribution in [0.4, 0.5) is 0 Å². The molecule has 0 aromatic heterocycles. The molecule has 0 saturated carbocycles. The van der Waals surface area contributed by atoms with Crippen LogP contribution in [0.15, 0.2) is 41.3 Å². The highest BCUT2D eigenvalue weighted by molar-refractivity contribution is 8.16. The monoisotopic (exact) mass is 456 g/mol. The Labute approximate surface area is 189 Å². The maximum atomic E-state index is 10.1. The van der Waals surface area contributed by atoms with Gasteiger partial charge in [0.1, 0.15) is 0 Å². The molecular weight excluding hydrogens is 411 g/mol. The third kappa shape index (κ3) is 15.4. The number of rotatable bonds is 18. The van der Waals surface area contributed by atoms with Crippen LogP contribution in [0.1, 0.15) is 102 Å². The van der Waals surface area contributed by atoms with Gasteiger partial charge in [0, 0.05) is 4.90 Å². The van der Waals surface area contributed by atoms with Crippen LogP contribution in [0, 0.1) is 6.92 Å². The molecule has 0 bridgehead atoms. The van der Waals surface area contributed by atoms with Gasteiger partial charge in [0.15, 0.2) is 0 Å². The second kappa shape index (κ2) is 18.2. The van der Waals surface area contributed by atoms with E-state index in [-0.39, 0.29) is 0 Å². The predicted molar refractivity (Wildman–Crippen MR) is 135 cm³/mol. The molecule has 1 rings (SSSR count). The summed E-state index contributed by atoms with van der Waals surface area (Å²) in [7, 11) is 0.494. The molecular formula is C25H45O3PS. The first-order valence-corrected chi connectivity index (χ1v) is 15.2. The molecule has 1 aromatic carbocycles. The number of hydrogen-bond acceptors (Lipinski definition) is 1. The largest absolute Gasteiger partial charge is 0.328 e. The number of hydrogen-bond donors (Lipinski definition) is 3. The Kier molecular flexibility index (Phi) is 16.8. The van der Waals surface area contributed by atoms with E-state index in [1.165, 1.54) is 77.0 Å². The van der Waals surface area contributed by atoms with E-state index in [9.17, 15) is 9.79 Å². The topological polar surface area (TPSA) is 49.7 Å². The zero-order valence-electron chi connectivity index (χ0n) is 19.3. The van der Waals surface area contributed by atoms with Gasteiger partial charge in [-0.2, -0.15) is 0 Å². The fourth-order valence-corrected chi connectivity index (χ4v) is 6.41. The molecule has 0 radical (unpaired) electrons. The molecule has 1 aromatic rings. The molecule has 2 N–H and O–H groups in total. The summed E-state index contributed by atoms with van der Waals surface area (Å²) >= 11 is 0. The lowest BCUT2D eigenvalue weighted by Crippen LogP contribution is -1.95. The average molecular weight is 457 g/mol. The molecule has 0 aliphatic heterocycles. The van der Waals surface area contributed by atoms with Gasteiger partial charge in [-0.05, 0) is 50.7 Å². The van der Waals surface area contributed by atoms with Gasteiger partial charge in [-0.1, -0.05) is 106 Å². The van der Waals surface area contributed by atoms with Gasteiger partial charge in [-0.15, -0.1) is 0 Å². The van der Waals surface area contributed by atoms with Crippen LogP contribution in [0.25, 0.3) is 0 Å². The standard InChI is InChI=1S/C25H45O3PS/c1-3-4-5-6-7-8-9-10-11-12-13-14-15-16-17-20-23-28-29(26,27)30-25-22-19-18-21-24(25)2/h10-11,18-19,21-22,26-27,30H,3-9,12-17,20,23H2,1-2H3/b11-10-. The molecule has 0 heterocycles. The molecule has 0 unspecified atom stereocenters. The summed E-state index contributed by atoms with van der Waals surface area (Å²) < 4.78 is 5.41. The molecule has 0 aliphatic rings. The van der Waals surface area contributed by atoms with E-state index < -0.39 is 6.72 Å². The third-order valence-electron chi connectivity index (χ3n) is 5.27. The fraction of sp³-hybridized carbons (Fsp3) is 0.680. The second-order valence-electron chi connectivity index (χ2n) is 8.17. The third-order valence-corrected chi connectivity index (χ3v) is 8.56. The summed E-state index contributed by atoms with van der Waals surface area (Å²) in [4.78, 5) is 21.2. The van der Waals surface area contributed by atoms with E-state index in [0.29, 0.717) is 17.5 Å². The Balaban J connectivity index is 1.95. The Bertz CT molecular complexity index is 625. The van der Waals surface area contributed by atoms with Crippen molar-refractivity contribution in [3.8, 4) is 0 Å². The normalized spacial score (nSPS) is 12.1. The Morgan fingerprint density at radius 3 is 1.93 bits per heavy atom. The Morgan fingerprint density at radius 1 is 0.800 bits per heavy atom. The zero-order chi connectivity index (χ0) is 21.9. The predicted octanol–water partition coefficient (Wildman–Crippen LogP) is 7.89. The van der Waals surface area contributed by atoms with E-state index >= 15 is 0 Å². The molecule has 0 atom stereocenters.